The average molecular weight is 923 g/mol. The standard InChI is InChI=1S/C57H94O9/c1-3-5-7-9-11-13-15-17-19-21-23-25-26-27-28-30-32-34-36-38-40-42-44-46-53(59)65-51(50-64-57-56(62)55(61)54(60)52(48-58)66-57)49-63-47-45-43-41-39-37-35-33-31-29-24-22-20-18-16-14-12-10-8-6-4-2/h6,8,12,14-15,17-18,20-21,23-24,26-27,29,33,35,39,41,51-52,54-58,60-62H,3-5,7,9-11,13,16,19,22,25,28,30-32,34,36-38,40,42-50H2,1-2H3/b8-6-,14-12-,17-15-,20-18-,23-21-,27-26-,29-24-,35-33-,41-39-. The first kappa shape index (κ1) is 60.9. The zero-order valence-electron chi connectivity index (χ0n) is 41.4. The summed E-state index contributed by atoms with van der Waals surface area (Å²) in [6.07, 6.45) is 59.8. The van der Waals surface area contributed by atoms with Gasteiger partial charge in [-0.1, -0.05) is 187 Å². The van der Waals surface area contributed by atoms with Crippen LogP contribution in [0.4, 0.5) is 0 Å². The molecular formula is C57H94O9. The molecule has 1 rings (SSSR count). The van der Waals surface area contributed by atoms with E-state index in [1.54, 1.807) is 0 Å². The van der Waals surface area contributed by atoms with Crippen molar-refractivity contribution in [3.05, 3.63) is 109 Å². The minimum absolute atomic E-state index is 0.0942. The van der Waals surface area contributed by atoms with E-state index in [0.717, 1.165) is 96.3 Å². The first-order valence-electron chi connectivity index (χ1n) is 26.0. The van der Waals surface area contributed by atoms with Gasteiger partial charge in [-0.2, -0.15) is 0 Å². The molecule has 9 heteroatoms. The zero-order valence-corrected chi connectivity index (χ0v) is 41.4. The fraction of sp³-hybridized carbons (Fsp3) is 0.667. The number of ether oxygens (including phenoxy) is 4. The molecule has 1 aliphatic heterocycles. The van der Waals surface area contributed by atoms with Crippen molar-refractivity contribution in [3.8, 4) is 0 Å². The molecule has 4 N–H and O–H groups in total. The molecule has 1 saturated heterocycles. The van der Waals surface area contributed by atoms with Crippen molar-refractivity contribution in [2.75, 3.05) is 26.4 Å². The van der Waals surface area contributed by atoms with E-state index in [9.17, 15) is 25.2 Å². The number of aliphatic hydroxyl groups excluding tert-OH is 4. The second-order valence-corrected chi connectivity index (χ2v) is 17.2. The number of rotatable bonds is 43. The van der Waals surface area contributed by atoms with Gasteiger partial charge in [0.05, 0.1) is 19.8 Å². The van der Waals surface area contributed by atoms with E-state index in [1.807, 2.05) is 0 Å². The summed E-state index contributed by atoms with van der Waals surface area (Å²) in [5.41, 5.74) is 0. The molecule has 1 heterocycles. The van der Waals surface area contributed by atoms with Crippen molar-refractivity contribution in [1.29, 1.82) is 0 Å². The lowest BCUT2D eigenvalue weighted by atomic mass is 9.99. The van der Waals surface area contributed by atoms with E-state index in [2.05, 4.69) is 123 Å². The number of carbonyl (C=O) groups is 1. The van der Waals surface area contributed by atoms with Gasteiger partial charge in [0.15, 0.2) is 6.29 Å². The van der Waals surface area contributed by atoms with Crippen molar-refractivity contribution in [3.63, 3.8) is 0 Å². The van der Waals surface area contributed by atoms with Gasteiger partial charge in [0.2, 0.25) is 0 Å². The Morgan fingerprint density at radius 2 is 0.924 bits per heavy atom. The SMILES string of the molecule is CC/C=C\C/C=C\C/C=C\C/C=C\C/C=C\C/C=C\CCCOCC(COC1OC(CO)C(O)C(O)C1O)OC(=O)CCCCCCCCCC/C=C\C/C=C\C/C=C\CCCCCCC. The van der Waals surface area contributed by atoms with Crippen LogP contribution in [0.5, 0.6) is 0 Å². The molecule has 0 bridgehead atoms. The van der Waals surface area contributed by atoms with Crippen LogP contribution < -0.4 is 0 Å². The maximum absolute atomic E-state index is 12.8. The number of aliphatic hydroxyl groups is 4. The number of esters is 1. The number of hydrogen-bond acceptors (Lipinski definition) is 9. The van der Waals surface area contributed by atoms with Crippen LogP contribution in [0.3, 0.4) is 0 Å². The van der Waals surface area contributed by atoms with Crippen LogP contribution in [0.1, 0.15) is 181 Å². The van der Waals surface area contributed by atoms with Gasteiger partial charge in [-0.25, -0.2) is 0 Å². The van der Waals surface area contributed by atoms with Gasteiger partial charge < -0.3 is 39.4 Å². The van der Waals surface area contributed by atoms with Gasteiger partial charge in [-0.15, -0.1) is 0 Å². The van der Waals surface area contributed by atoms with E-state index in [4.69, 9.17) is 18.9 Å². The van der Waals surface area contributed by atoms with Crippen molar-refractivity contribution >= 4 is 5.97 Å². The number of carbonyl (C=O) groups excluding carboxylic acids is 1. The largest absolute Gasteiger partial charge is 0.457 e. The zero-order chi connectivity index (χ0) is 47.8. The predicted octanol–water partition coefficient (Wildman–Crippen LogP) is 12.9. The highest BCUT2D eigenvalue weighted by Gasteiger charge is 2.44. The molecule has 376 valence electrons. The maximum Gasteiger partial charge on any atom is 0.306 e. The summed E-state index contributed by atoms with van der Waals surface area (Å²) in [4.78, 5) is 12.8. The molecule has 6 unspecified atom stereocenters. The lowest BCUT2D eigenvalue weighted by Gasteiger charge is -2.39. The monoisotopic (exact) mass is 923 g/mol. The van der Waals surface area contributed by atoms with Crippen LogP contribution in [0, 0.1) is 0 Å². The van der Waals surface area contributed by atoms with Crippen molar-refractivity contribution in [2.24, 2.45) is 0 Å². The molecule has 0 aliphatic carbocycles. The highest BCUT2D eigenvalue weighted by Crippen LogP contribution is 2.22. The third-order valence-corrected chi connectivity index (χ3v) is 11.2. The summed E-state index contributed by atoms with van der Waals surface area (Å²) in [6, 6.07) is 0. The molecule has 0 radical (unpaired) electrons. The molecule has 6 atom stereocenters. The Bertz CT molecular complexity index is 1370. The number of unbranched alkanes of at least 4 members (excludes halogenated alkanes) is 14. The summed E-state index contributed by atoms with van der Waals surface area (Å²) in [5, 5.41) is 40.3. The van der Waals surface area contributed by atoms with Crippen molar-refractivity contribution < 1.29 is 44.2 Å². The molecule has 9 nitrogen and oxygen atoms in total. The first-order chi connectivity index (χ1) is 32.4. The lowest BCUT2D eigenvalue weighted by Crippen LogP contribution is -2.59. The van der Waals surface area contributed by atoms with Gasteiger partial charge in [0, 0.05) is 13.0 Å². The topological polar surface area (TPSA) is 135 Å². The second-order valence-electron chi connectivity index (χ2n) is 17.2. The Morgan fingerprint density at radius 1 is 0.500 bits per heavy atom. The summed E-state index contributed by atoms with van der Waals surface area (Å²) < 4.78 is 22.8. The van der Waals surface area contributed by atoms with Crippen LogP contribution in [0.15, 0.2) is 109 Å². The lowest BCUT2D eigenvalue weighted by molar-refractivity contribution is -0.305. The molecular weight excluding hydrogens is 829 g/mol. The minimum atomic E-state index is -1.56. The molecule has 0 aromatic carbocycles. The predicted molar refractivity (Wildman–Crippen MR) is 274 cm³/mol. The summed E-state index contributed by atoms with van der Waals surface area (Å²) in [5.74, 6) is -0.345. The Morgan fingerprint density at radius 3 is 1.39 bits per heavy atom. The quantitative estimate of drug-likeness (QED) is 0.0268. The van der Waals surface area contributed by atoms with Crippen molar-refractivity contribution in [2.45, 2.75) is 218 Å². The van der Waals surface area contributed by atoms with Crippen LogP contribution in [0.25, 0.3) is 0 Å². The number of hydrogen-bond donors (Lipinski definition) is 4. The summed E-state index contributed by atoms with van der Waals surface area (Å²) in [6.45, 7) is 4.26. The van der Waals surface area contributed by atoms with E-state index < -0.39 is 43.4 Å². The van der Waals surface area contributed by atoms with Gasteiger partial charge in [-0.3, -0.25) is 4.79 Å². The molecule has 0 spiro atoms. The van der Waals surface area contributed by atoms with E-state index >= 15 is 0 Å². The Kier molecular flexibility index (Phi) is 43.3. The van der Waals surface area contributed by atoms with Crippen molar-refractivity contribution in [1.82, 2.24) is 0 Å². The van der Waals surface area contributed by atoms with Gasteiger partial charge in [-0.05, 0) is 96.3 Å². The normalized spacial score (nSPS) is 20.2. The Balaban J connectivity index is 2.27. The number of allylic oxidation sites excluding steroid dienone is 18. The van der Waals surface area contributed by atoms with E-state index in [1.165, 1.54) is 64.2 Å². The maximum atomic E-state index is 12.8. The fourth-order valence-corrected chi connectivity index (χ4v) is 7.16. The van der Waals surface area contributed by atoms with Crippen LogP contribution >= 0.6 is 0 Å². The highest BCUT2D eigenvalue weighted by molar-refractivity contribution is 5.69. The average Bonchev–Trinajstić information content (AvgIpc) is 3.32. The fourth-order valence-electron chi connectivity index (χ4n) is 7.16. The summed E-state index contributed by atoms with van der Waals surface area (Å²) in [7, 11) is 0. The molecule has 1 fully saturated rings. The Hall–Kier alpha value is -3.15. The van der Waals surface area contributed by atoms with Gasteiger partial charge in [0.1, 0.15) is 30.5 Å². The molecule has 1 aliphatic rings. The summed E-state index contributed by atoms with van der Waals surface area (Å²) >= 11 is 0. The Labute approximate surface area is 402 Å². The van der Waals surface area contributed by atoms with Crippen LogP contribution in [-0.4, -0.2) is 89.6 Å². The molecule has 0 saturated carbocycles. The third-order valence-electron chi connectivity index (χ3n) is 11.2. The molecule has 0 aromatic heterocycles. The van der Waals surface area contributed by atoms with E-state index in [0.29, 0.717) is 6.61 Å². The van der Waals surface area contributed by atoms with E-state index in [-0.39, 0.29) is 25.6 Å². The first-order valence-corrected chi connectivity index (χ1v) is 26.0. The minimum Gasteiger partial charge on any atom is -0.457 e. The molecule has 0 aromatic rings. The van der Waals surface area contributed by atoms with Crippen LogP contribution in [0.2, 0.25) is 0 Å². The molecule has 0 amide bonds. The molecule has 66 heavy (non-hydrogen) atoms. The third kappa shape index (κ3) is 36.9. The van der Waals surface area contributed by atoms with Crippen LogP contribution in [-0.2, 0) is 23.7 Å². The smallest absolute Gasteiger partial charge is 0.306 e. The van der Waals surface area contributed by atoms with Gasteiger partial charge >= 0.3 is 5.97 Å². The highest BCUT2D eigenvalue weighted by atomic mass is 16.7. The second kappa shape index (κ2) is 46.9. The van der Waals surface area contributed by atoms with Gasteiger partial charge in [0.25, 0.3) is 0 Å².